The first-order valence-corrected chi connectivity index (χ1v) is 5.24. The number of aryl methyl sites for hydroxylation is 1. The van der Waals surface area contributed by atoms with Crippen molar-refractivity contribution in [3.05, 3.63) is 51.4 Å². The predicted molar refractivity (Wildman–Crippen MR) is 65.0 cm³/mol. The largest absolute Gasteiger partial charge is 0.288 e. The lowest BCUT2D eigenvalue weighted by molar-refractivity contribution is 0.508. The van der Waals surface area contributed by atoms with Crippen molar-refractivity contribution in [1.82, 2.24) is 15.2 Å². The van der Waals surface area contributed by atoms with E-state index in [0.29, 0.717) is 5.56 Å². The number of nitrogens with one attached hydrogen (secondary N) is 2. The molecule has 2 N–H and O–H groups in total. The van der Waals surface area contributed by atoms with Gasteiger partial charge in [-0.1, -0.05) is 6.07 Å². The maximum atomic E-state index is 12.9. The van der Waals surface area contributed by atoms with Gasteiger partial charge >= 0.3 is 0 Å². The number of hydrogen-bond donors (Lipinski definition) is 2. The van der Waals surface area contributed by atoms with Crippen LogP contribution in [0.1, 0.15) is 11.3 Å². The number of aromatic nitrogens is 3. The summed E-state index contributed by atoms with van der Waals surface area (Å²) in [5.41, 5.74) is 2.62. The van der Waals surface area contributed by atoms with E-state index in [1.807, 2.05) is 0 Å². The molecule has 0 aliphatic rings. The van der Waals surface area contributed by atoms with Gasteiger partial charge in [0.1, 0.15) is 5.69 Å². The van der Waals surface area contributed by atoms with Crippen molar-refractivity contribution in [3.8, 4) is 0 Å². The Morgan fingerprint density at radius 1 is 1.32 bits per heavy atom. The Morgan fingerprint density at radius 2 is 2.11 bits per heavy atom. The van der Waals surface area contributed by atoms with Crippen LogP contribution in [0.4, 0.5) is 14.7 Å². The second kappa shape index (κ2) is 5.34. The third kappa shape index (κ3) is 3.18. The van der Waals surface area contributed by atoms with Crippen LogP contribution in [0.25, 0.3) is 0 Å². The molecule has 0 radical (unpaired) electrons. The van der Waals surface area contributed by atoms with Gasteiger partial charge in [0.25, 0.3) is 5.56 Å². The van der Waals surface area contributed by atoms with E-state index in [9.17, 15) is 13.6 Å². The molecule has 0 amide bonds. The molecule has 0 saturated heterocycles. The molecular formula is C11H9F2N5O. The van der Waals surface area contributed by atoms with Gasteiger partial charge < -0.3 is 0 Å². The molecule has 6 nitrogen and oxygen atoms in total. The normalized spacial score (nSPS) is 10.9. The molecule has 0 aliphatic carbocycles. The van der Waals surface area contributed by atoms with Gasteiger partial charge in [-0.2, -0.15) is 5.10 Å². The fourth-order valence-corrected chi connectivity index (χ4v) is 1.20. The molecule has 8 heteroatoms. The molecule has 1 aromatic heterocycles. The summed E-state index contributed by atoms with van der Waals surface area (Å²) in [5, 5.41) is 10.9. The second-order valence-corrected chi connectivity index (χ2v) is 3.63. The monoisotopic (exact) mass is 265 g/mol. The van der Waals surface area contributed by atoms with Crippen LogP contribution in [0.5, 0.6) is 0 Å². The fourth-order valence-electron chi connectivity index (χ4n) is 1.20. The van der Waals surface area contributed by atoms with Crippen LogP contribution < -0.4 is 11.0 Å². The summed E-state index contributed by atoms with van der Waals surface area (Å²) in [7, 11) is 0. The fraction of sp³-hybridized carbons (Fsp3) is 0.0909. The Labute approximate surface area is 106 Å². The number of hydrazone groups is 1. The van der Waals surface area contributed by atoms with E-state index >= 15 is 0 Å². The van der Waals surface area contributed by atoms with Crippen molar-refractivity contribution in [3.63, 3.8) is 0 Å². The van der Waals surface area contributed by atoms with Crippen molar-refractivity contribution in [2.75, 3.05) is 5.43 Å². The summed E-state index contributed by atoms with van der Waals surface area (Å²) in [5.74, 6) is -1.85. The molecule has 2 aromatic rings. The smallest absolute Gasteiger partial charge is 0.274 e. The van der Waals surface area contributed by atoms with Gasteiger partial charge in [0.2, 0.25) is 5.95 Å². The molecule has 0 saturated carbocycles. The highest BCUT2D eigenvalue weighted by Gasteiger charge is 2.01. The summed E-state index contributed by atoms with van der Waals surface area (Å²) >= 11 is 0. The van der Waals surface area contributed by atoms with Crippen LogP contribution in [-0.2, 0) is 0 Å². The second-order valence-electron chi connectivity index (χ2n) is 3.63. The van der Waals surface area contributed by atoms with Gasteiger partial charge in [-0.25, -0.2) is 14.2 Å². The molecule has 0 aliphatic heterocycles. The van der Waals surface area contributed by atoms with Gasteiger partial charge in [-0.15, -0.1) is 10.2 Å². The van der Waals surface area contributed by atoms with E-state index < -0.39 is 11.6 Å². The summed E-state index contributed by atoms with van der Waals surface area (Å²) in [6.45, 7) is 1.51. The Kier molecular flexibility index (Phi) is 3.60. The maximum absolute atomic E-state index is 12.9. The molecule has 0 unspecified atom stereocenters. The van der Waals surface area contributed by atoms with Crippen LogP contribution in [-0.4, -0.2) is 21.4 Å². The number of nitrogens with zero attached hydrogens (tertiary/aromatic N) is 3. The lowest BCUT2D eigenvalue weighted by Crippen LogP contribution is -2.15. The van der Waals surface area contributed by atoms with Gasteiger partial charge in [0, 0.05) is 0 Å². The zero-order valence-corrected chi connectivity index (χ0v) is 9.82. The van der Waals surface area contributed by atoms with Crippen LogP contribution in [0.3, 0.4) is 0 Å². The first-order valence-electron chi connectivity index (χ1n) is 5.24. The molecule has 0 atom stereocenters. The number of rotatable bonds is 3. The molecule has 0 spiro atoms. The van der Waals surface area contributed by atoms with Gasteiger partial charge in [-0.3, -0.25) is 9.78 Å². The molecule has 1 heterocycles. The van der Waals surface area contributed by atoms with Crippen LogP contribution in [0, 0.1) is 18.6 Å². The van der Waals surface area contributed by atoms with Crippen LogP contribution >= 0.6 is 0 Å². The minimum absolute atomic E-state index is 0.0504. The molecular weight excluding hydrogens is 256 g/mol. The third-order valence-electron chi connectivity index (χ3n) is 2.19. The first kappa shape index (κ1) is 12.8. The van der Waals surface area contributed by atoms with Crippen molar-refractivity contribution >= 4 is 12.2 Å². The molecule has 1 aromatic carbocycles. The summed E-state index contributed by atoms with van der Waals surface area (Å²) in [6.07, 6.45) is 1.25. The topological polar surface area (TPSA) is 83.0 Å². The Balaban J connectivity index is 2.08. The van der Waals surface area contributed by atoms with E-state index in [0.717, 1.165) is 12.1 Å². The van der Waals surface area contributed by atoms with Crippen molar-refractivity contribution in [2.45, 2.75) is 6.92 Å². The van der Waals surface area contributed by atoms with Crippen LogP contribution in [0.15, 0.2) is 28.1 Å². The Hall–Kier alpha value is -2.64. The minimum atomic E-state index is -0.965. The van der Waals surface area contributed by atoms with Crippen molar-refractivity contribution in [2.24, 2.45) is 5.10 Å². The molecule has 2 rings (SSSR count). The third-order valence-corrected chi connectivity index (χ3v) is 2.19. The summed E-state index contributed by atoms with van der Waals surface area (Å²) in [6, 6.07) is 3.33. The highest BCUT2D eigenvalue weighted by molar-refractivity contribution is 5.79. The Morgan fingerprint density at radius 3 is 2.79 bits per heavy atom. The highest BCUT2D eigenvalue weighted by Crippen LogP contribution is 2.06. The average molecular weight is 265 g/mol. The number of halogens is 2. The van der Waals surface area contributed by atoms with E-state index in [1.165, 1.54) is 19.2 Å². The first-order chi connectivity index (χ1) is 9.06. The zero-order chi connectivity index (χ0) is 13.8. The lowest BCUT2D eigenvalue weighted by atomic mass is 10.2. The van der Waals surface area contributed by atoms with Gasteiger partial charge in [-0.05, 0) is 24.6 Å². The van der Waals surface area contributed by atoms with Gasteiger partial charge in [0.05, 0.1) is 6.21 Å². The standard InChI is InChI=1S/C11H9F2N5O/c1-6-10(19)15-11(18-16-6)17-14-5-7-2-3-8(12)9(13)4-7/h2-5H,1H3,(H2,15,17,18,19)/b14-5+. The van der Waals surface area contributed by atoms with Crippen molar-refractivity contribution < 1.29 is 8.78 Å². The average Bonchev–Trinajstić information content (AvgIpc) is 2.38. The van der Waals surface area contributed by atoms with E-state index in [-0.39, 0.29) is 17.2 Å². The number of anilines is 1. The highest BCUT2D eigenvalue weighted by atomic mass is 19.2. The number of H-pyrrole nitrogens is 1. The molecule has 19 heavy (non-hydrogen) atoms. The lowest BCUT2D eigenvalue weighted by Gasteiger charge is -1.98. The zero-order valence-electron chi connectivity index (χ0n) is 9.82. The summed E-state index contributed by atoms with van der Waals surface area (Å²) < 4.78 is 25.6. The quantitative estimate of drug-likeness (QED) is 0.645. The molecule has 98 valence electrons. The number of benzene rings is 1. The van der Waals surface area contributed by atoms with E-state index in [4.69, 9.17) is 0 Å². The molecule has 0 bridgehead atoms. The number of aromatic amines is 1. The van der Waals surface area contributed by atoms with Crippen molar-refractivity contribution in [1.29, 1.82) is 0 Å². The van der Waals surface area contributed by atoms with E-state index in [1.54, 1.807) is 0 Å². The number of hydrogen-bond acceptors (Lipinski definition) is 5. The maximum Gasteiger partial charge on any atom is 0.274 e. The Bertz CT molecular complexity index is 683. The van der Waals surface area contributed by atoms with Crippen LogP contribution in [0.2, 0.25) is 0 Å². The van der Waals surface area contributed by atoms with Gasteiger partial charge in [0.15, 0.2) is 11.6 Å². The predicted octanol–water partition coefficient (Wildman–Crippen LogP) is 1.20. The summed E-state index contributed by atoms with van der Waals surface area (Å²) in [4.78, 5) is 13.6. The molecule has 0 fully saturated rings. The SMILES string of the molecule is Cc1nnc(N/N=C/c2ccc(F)c(F)c2)[nH]c1=O. The minimum Gasteiger partial charge on any atom is -0.288 e. The van der Waals surface area contributed by atoms with E-state index in [2.05, 4.69) is 25.7 Å².